The van der Waals surface area contributed by atoms with Crippen LogP contribution in [0.4, 0.5) is 4.79 Å². The molecule has 0 radical (unpaired) electrons. The van der Waals surface area contributed by atoms with Crippen molar-refractivity contribution in [3.8, 4) is 0 Å². The molecule has 1 aromatic carbocycles. The Morgan fingerprint density at radius 1 is 1.33 bits per heavy atom. The lowest BCUT2D eigenvalue weighted by atomic mass is 10.1. The summed E-state index contributed by atoms with van der Waals surface area (Å²) >= 11 is 0. The van der Waals surface area contributed by atoms with Crippen molar-refractivity contribution in [1.29, 1.82) is 0 Å². The summed E-state index contributed by atoms with van der Waals surface area (Å²) in [6, 6.07) is 9.41. The summed E-state index contributed by atoms with van der Waals surface area (Å²) in [5.41, 5.74) is 1.06. The Bertz CT molecular complexity index is 488. The molecule has 3 atom stereocenters. The molecule has 0 spiro atoms. The van der Waals surface area contributed by atoms with Gasteiger partial charge in [0.2, 0.25) is 0 Å². The normalized spacial score (nSPS) is 30.1. The minimum Gasteiger partial charge on any atom is -0.481 e. The van der Waals surface area contributed by atoms with E-state index in [2.05, 4.69) is 5.32 Å². The zero-order chi connectivity index (χ0) is 12.7. The number of carbonyl (C=O) groups is 2. The monoisotopic (exact) mass is 246 g/mol. The highest BCUT2D eigenvalue weighted by atomic mass is 16.4. The van der Waals surface area contributed by atoms with Gasteiger partial charge >= 0.3 is 12.0 Å². The van der Waals surface area contributed by atoms with E-state index in [1.807, 2.05) is 30.3 Å². The molecule has 1 heterocycles. The molecule has 3 rings (SSSR count). The van der Waals surface area contributed by atoms with E-state index in [0.717, 1.165) is 5.56 Å². The van der Waals surface area contributed by atoms with E-state index in [-0.39, 0.29) is 24.0 Å². The van der Waals surface area contributed by atoms with E-state index in [1.165, 1.54) is 0 Å². The van der Waals surface area contributed by atoms with Crippen molar-refractivity contribution in [2.75, 3.05) is 6.54 Å². The second-order valence-corrected chi connectivity index (χ2v) is 4.81. The first-order valence-corrected chi connectivity index (χ1v) is 6.01. The summed E-state index contributed by atoms with van der Waals surface area (Å²) < 4.78 is 0. The zero-order valence-corrected chi connectivity index (χ0v) is 9.74. The SMILES string of the molecule is O=C(O)C1CC1N1CC(c2ccccc2)NC1=O. The van der Waals surface area contributed by atoms with Gasteiger partial charge in [-0.05, 0) is 12.0 Å². The lowest BCUT2D eigenvalue weighted by Gasteiger charge is -2.13. The van der Waals surface area contributed by atoms with E-state index in [1.54, 1.807) is 4.90 Å². The molecule has 2 aliphatic rings. The Labute approximate surface area is 104 Å². The molecule has 1 aliphatic carbocycles. The number of rotatable bonds is 3. The van der Waals surface area contributed by atoms with Crippen molar-refractivity contribution >= 4 is 12.0 Å². The molecule has 3 unspecified atom stereocenters. The Hall–Kier alpha value is -2.04. The van der Waals surface area contributed by atoms with Gasteiger partial charge in [-0.3, -0.25) is 4.79 Å². The summed E-state index contributed by atoms with van der Waals surface area (Å²) in [4.78, 5) is 24.3. The Morgan fingerprint density at radius 2 is 2.06 bits per heavy atom. The Balaban J connectivity index is 1.70. The molecule has 5 nitrogen and oxygen atoms in total. The second kappa shape index (κ2) is 4.01. The first-order chi connectivity index (χ1) is 8.66. The molecule has 5 heteroatoms. The van der Waals surface area contributed by atoms with Crippen molar-refractivity contribution < 1.29 is 14.7 Å². The molecule has 0 aromatic heterocycles. The Morgan fingerprint density at radius 3 is 2.67 bits per heavy atom. The van der Waals surface area contributed by atoms with Crippen molar-refractivity contribution in [1.82, 2.24) is 10.2 Å². The zero-order valence-electron chi connectivity index (χ0n) is 9.74. The van der Waals surface area contributed by atoms with Gasteiger partial charge < -0.3 is 15.3 Å². The van der Waals surface area contributed by atoms with Crippen LogP contribution in [0.1, 0.15) is 18.0 Å². The number of hydrogen-bond donors (Lipinski definition) is 2. The van der Waals surface area contributed by atoms with Crippen molar-refractivity contribution in [2.45, 2.75) is 18.5 Å². The highest BCUT2D eigenvalue weighted by Gasteiger charge is 2.51. The van der Waals surface area contributed by atoms with Gasteiger partial charge in [-0.2, -0.15) is 0 Å². The van der Waals surface area contributed by atoms with E-state index in [4.69, 9.17) is 5.11 Å². The first kappa shape index (κ1) is 11.1. The van der Waals surface area contributed by atoms with E-state index < -0.39 is 5.97 Å². The van der Waals surface area contributed by atoms with Crippen LogP contribution in [-0.4, -0.2) is 34.6 Å². The fourth-order valence-electron chi connectivity index (χ4n) is 2.51. The number of carboxylic acid groups (broad SMARTS) is 1. The van der Waals surface area contributed by atoms with Gasteiger partial charge in [-0.1, -0.05) is 30.3 Å². The number of nitrogens with zero attached hydrogens (tertiary/aromatic N) is 1. The molecule has 18 heavy (non-hydrogen) atoms. The first-order valence-electron chi connectivity index (χ1n) is 6.01. The molecule has 2 fully saturated rings. The van der Waals surface area contributed by atoms with Crippen LogP contribution in [0.5, 0.6) is 0 Å². The minimum absolute atomic E-state index is 0.0336. The Kier molecular flexibility index (Phi) is 2.47. The highest BCUT2D eigenvalue weighted by Crippen LogP contribution is 2.38. The van der Waals surface area contributed by atoms with Gasteiger partial charge in [0.15, 0.2) is 0 Å². The van der Waals surface area contributed by atoms with Crippen molar-refractivity contribution in [3.05, 3.63) is 35.9 Å². The third-order valence-corrected chi connectivity index (χ3v) is 3.61. The average molecular weight is 246 g/mol. The number of amides is 2. The quantitative estimate of drug-likeness (QED) is 0.842. The molecule has 1 aromatic rings. The average Bonchev–Trinajstić information content (AvgIpc) is 3.08. The van der Waals surface area contributed by atoms with E-state index >= 15 is 0 Å². The number of aliphatic carboxylic acids is 1. The van der Waals surface area contributed by atoms with Gasteiger partial charge in [0.1, 0.15) is 0 Å². The van der Waals surface area contributed by atoms with Gasteiger partial charge in [-0.15, -0.1) is 0 Å². The van der Waals surface area contributed by atoms with Crippen LogP contribution in [-0.2, 0) is 4.79 Å². The van der Waals surface area contributed by atoms with Gasteiger partial charge in [-0.25, -0.2) is 4.79 Å². The number of hydrogen-bond acceptors (Lipinski definition) is 2. The van der Waals surface area contributed by atoms with E-state index in [9.17, 15) is 9.59 Å². The molecule has 0 bridgehead atoms. The summed E-state index contributed by atoms with van der Waals surface area (Å²) in [5.74, 6) is -1.19. The van der Waals surface area contributed by atoms with Crippen LogP contribution in [0.25, 0.3) is 0 Å². The van der Waals surface area contributed by atoms with Crippen molar-refractivity contribution in [3.63, 3.8) is 0 Å². The second-order valence-electron chi connectivity index (χ2n) is 4.81. The number of urea groups is 1. The molecule has 94 valence electrons. The lowest BCUT2D eigenvalue weighted by molar-refractivity contribution is -0.138. The van der Waals surface area contributed by atoms with Gasteiger partial charge in [0.25, 0.3) is 0 Å². The van der Waals surface area contributed by atoms with Gasteiger partial charge in [0.05, 0.1) is 12.0 Å². The van der Waals surface area contributed by atoms with Crippen LogP contribution in [0.3, 0.4) is 0 Å². The predicted molar refractivity (Wildman–Crippen MR) is 64.0 cm³/mol. The predicted octanol–water partition coefficient (Wildman–Crippen LogP) is 1.23. The number of carboxylic acids is 1. The molecule has 1 saturated carbocycles. The summed E-state index contributed by atoms with van der Waals surface area (Å²) in [7, 11) is 0. The highest BCUT2D eigenvalue weighted by molar-refractivity contribution is 5.81. The molecule has 2 N–H and O–H groups in total. The maximum Gasteiger partial charge on any atom is 0.318 e. The summed E-state index contributed by atoms with van der Waals surface area (Å²) in [5, 5.41) is 11.8. The van der Waals surface area contributed by atoms with E-state index in [0.29, 0.717) is 13.0 Å². The number of nitrogens with one attached hydrogen (secondary N) is 1. The molecule has 1 saturated heterocycles. The number of benzene rings is 1. The van der Waals surface area contributed by atoms with Crippen molar-refractivity contribution in [2.24, 2.45) is 5.92 Å². The van der Waals surface area contributed by atoms with Crippen LogP contribution in [0.15, 0.2) is 30.3 Å². The van der Waals surface area contributed by atoms with Crippen LogP contribution < -0.4 is 5.32 Å². The molecular formula is C13H14N2O3. The summed E-state index contributed by atoms with van der Waals surface area (Å²) in [6.45, 7) is 0.553. The molecule has 2 amide bonds. The number of carbonyl (C=O) groups excluding carboxylic acids is 1. The fourth-order valence-corrected chi connectivity index (χ4v) is 2.51. The third kappa shape index (κ3) is 1.81. The van der Waals surface area contributed by atoms with Gasteiger partial charge in [0, 0.05) is 12.6 Å². The van der Waals surface area contributed by atoms with Crippen LogP contribution in [0, 0.1) is 5.92 Å². The maximum atomic E-state index is 11.8. The standard InChI is InChI=1S/C13H14N2O3/c16-12(17)9-6-11(9)15-7-10(14-13(15)18)8-4-2-1-3-5-8/h1-5,9-11H,6-7H2,(H,14,18)(H,16,17). The summed E-state index contributed by atoms with van der Waals surface area (Å²) in [6.07, 6.45) is 0.574. The third-order valence-electron chi connectivity index (χ3n) is 3.61. The fraction of sp³-hybridized carbons (Fsp3) is 0.385. The maximum absolute atomic E-state index is 11.8. The van der Waals surface area contributed by atoms with Crippen LogP contribution >= 0.6 is 0 Å². The minimum atomic E-state index is -0.809. The lowest BCUT2D eigenvalue weighted by Crippen LogP contribution is -2.32. The topological polar surface area (TPSA) is 69.6 Å². The smallest absolute Gasteiger partial charge is 0.318 e. The molecular weight excluding hydrogens is 232 g/mol. The largest absolute Gasteiger partial charge is 0.481 e. The van der Waals surface area contributed by atoms with Crippen LogP contribution in [0.2, 0.25) is 0 Å². The molecule has 1 aliphatic heterocycles.